The molecule has 19 heavy (non-hydrogen) atoms. The highest BCUT2D eigenvalue weighted by molar-refractivity contribution is 5.64. The van der Waals surface area contributed by atoms with Crippen LogP contribution in [-0.2, 0) is 6.42 Å². The summed E-state index contributed by atoms with van der Waals surface area (Å²) in [5.74, 6) is 1.41. The minimum atomic E-state index is 0.593. The van der Waals surface area contributed by atoms with Gasteiger partial charge in [0.1, 0.15) is 5.82 Å². The monoisotopic (exact) mass is 257 g/mol. The first-order chi connectivity index (χ1) is 9.24. The SMILES string of the molecule is CCCc1cc(-c2cccnc2OCC)nc(C)n1. The van der Waals surface area contributed by atoms with E-state index in [9.17, 15) is 0 Å². The Balaban J connectivity index is 2.46. The predicted octanol–water partition coefficient (Wildman–Crippen LogP) is 3.20. The molecule has 0 unspecified atom stereocenters. The van der Waals surface area contributed by atoms with Crippen LogP contribution in [0, 0.1) is 6.92 Å². The molecular weight excluding hydrogens is 238 g/mol. The van der Waals surface area contributed by atoms with E-state index in [1.807, 2.05) is 32.0 Å². The summed E-state index contributed by atoms with van der Waals surface area (Å²) < 4.78 is 5.56. The van der Waals surface area contributed by atoms with Crippen LogP contribution in [0.1, 0.15) is 31.8 Å². The molecule has 0 spiro atoms. The fraction of sp³-hybridized carbons (Fsp3) is 0.400. The maximum absolute atomic E-state index is 5.56. The molecule has 0 saturated carbocycles. The molecule has 0 fully saturated rings. The fourth-order valence-electron chi connectivity index (χ4n) is 1.99. The van der Waals surface area contributed by atoms with E-state index in [0.717, 1.165) is 35.6 Å². The average molecular weight is 257 g/mol. The van der Waals surface area contributed by atoms with E-state index in [0.29, 0.717) is 12.5 Å². The zero-order chi connectivity index (χ0) is 13.7. The lowest BCUT2D eigenvalue weighted by Gasteiger charge is -2.09. The van der Waals surface area contributed by atoms with E-state index < -0.39 is 0 Å². The molecule has 2 heterocycles. The van der Waals surface area contributed by atoms with Crippen LogP contribution in [0.2, 0.25) is 0 Å². The van der Waals surface area contributed by atoms with Crippen molar-refractivity contribution in [1.82, 2.24) is 15.0 Å². The van der Waals surface area contributed by atoms with Crippen LogP contribution in [-0.4, -0.2) is 21.6 Å². The second kappa shape index (κ2) is 6.27. The molecule has 4 heteroatoms. The quantitative estimate of drug-likeness (QED) is 0.825. The van der Waals surface area contributed by atoms with Crippen LogP contribution in [0.15, 0.2) is 24.4 Å². The Morgan fingerprint density at radius 2 is 2.05 bits per heavy atom. The number of aromatic nitrogens is 3. The average Bonchev–Trinajstić information content (AvgIpc) is 2.39. The molecule has 0 bridgehead atoms. The Morgan fingerprint density at radius 1 is 1.21 bits per heavy atom. The van der Waals surface area contributed by atoms with Crippen LogP contribution >= 0.6 is 0 Å². The lowest BCUT2D eigenvalue weighted by Crippen LogP contribution is -2.01. The van der Waals surface area contributed by atoms with E-state index in [1.54, 1.807) is 6.20 Å². The largest absolute Gasteiger partial charge is 0.477 e. The molecule has 0 aromatic carbocycles. The van der Waals surface area contributed by atoms with E-state index in [-0.39, 0.29) is 0 Å². The molecule has 0 atom stereocenters. The van der Waals surface area contributed by atoms with Crippen molar-refractivity contribution >= 4 is 0 Å². The van der Waals surface area contributed by atoms with Crippen molar-refractivity contribution in [1.29, 1.82) is 0 Å². The van der Waals surface area contributed by atoms with Gasteiger partial charge in [-0.2, -0.15) is 0 Å². The third-order valence-electron chi connectivity index (χ3n) is 2.73. The van der Waals surface area contributed by atoms with Gasteiger partial charge in [-0.3, -0.25) is 0 Å². The molecule has 0 saturated heterocycles. The molecule has 2 aromatic rings. The van der Waals surface area contributed by atoms with Gasteiger partial charge in [-0.1, -0.05) is 13.3 Å². The standard InChI is InChI=1S/C15H19N3O/c1-4-7-12-10-14(18-11(3)17-12)13-8-6-9-16-15(13)19-5-2/h6,8-10H,4-5,7H2,1-3H3. The highest BCUT2D eigenvalue weighted by Crippen LogP contribution is 2.26. The summed E-state index contributed by atoms with van der Waals surface area (Å²) in [6.07, 6.45) is 3.76. The molecule has 0 N–H and O–H groups in total. The number of rotatable bonds is 5. The van der Waals surface area contributed by atoms with E-state index in [1.165, 1.54) is 0 Å². The zero-order valence-electron chi connectivity index (χ0n) is 11.7. The van der Waals surface area contributed by atoms with Crippen LogP contribution in [0.25, 0.3) is 11.3 Å². The van der Waals surface area contributed by atoms with Gasteiger partial charge >= 0.3 is 0 Å². The number of pyridine rings is 1. The molecule has 0 aliphatic rings. The summed E-state index contributed by atoms with van der Waals surface area (Å²) >= 11 is 0. The van der Waals surface area contributed by atoms with Crippen LogP contribution < -0.4 is 4.74 Å². The van der Waals surface area contributed by atoms with Crippen molar-refractivity contribution in [3.05, 3.63) is 35.9 Å². The molecule has 2 aromatic heterocycles. The van der Waals surface area contributed by atoms with Crippen molar-refractivity contribution in [2.45, 2.75) is 33.6 Å². The Morgan fingerprint density at radius 3 is 2.79 bits per heavy atom. The fourth-order valence-corrected chi connectivity index (χ4v) is 1.99. The van der Waals surface area contributed by atoms with Gasteiger partial charge in [-0.05, 0) is 38.5 Å². The molecule has 100 valence electrons. The third-order valence-corrected chi connectivity index (χ3v) is 2.73. The smallest absolute Gasteiger partial charge is 0.222 e. The summed E-state index contributed by atoms with van der Waals surface area (Å²) in [6.45, 7) is 6.61. The van der Waals surface area contributed by atoms with Crippen molar-refractivity contribution in [3.63, 3.8) is 0 Å². The molecule has 2 rings (SSSR count). The minimum Gasteiger partial charge on any atom is -0.477 e. The number of nitrogens with zero attached hydrogens (tertiary/aromatic N) is 3. The Kier molecular flexibility index (Phi) is 4.44. The van der Waals surface area contributed by atoms with Gasteiger partial charge in [0.15, 0.2) is 0 Å². The summed E-state index contributed by atoms with van der Waals surface area (Å²) in [5, 5.41) is 0. The highest BCUT2D eigenvalue weighted by atomic mass is 16.5. The minimum absolute atomic E-state index is 0.593. The Labute approximate surface area is 113 Å². The van der Waals surface area contributed by atoms with Gasteiger partial charge < -0.3 is 4.74 Å². The van der Waals surface area contributed by atoms with Gasteiger partial charge in [0.25, 0.3) is 0 Å². The van der Waals surface area contributed by atoms with Crippen molar-refractivity contribution in [2.24, 2.45) is 0 Å². The zero-order valence-corrected chi connectivity index (χ0v) is 11.7. The van der Waals surface area contributed by atoms with Crippen LogP contribution in [0.3, 0.4) is 0 Å². The molecule has 4 nitrogen and oxygen atoms in total. The normalized spacial score (nSPS) is 10.5. The summed E-state index contributed by atoms with van der Waals surface area (Å²) in [6, 6.07) is 5.90. The van der Waals surface area contributed by atoms with E-state index >= 15 is 0 Å². The number of aryl methyl sites for hydroxylation is 2. The Hall–Kier alpha value is -1.97. The molecule has 0 amide bonds. The Bertz CT molecular complexity index is 555. The number of hydrogen-bond acceptors (Lipinski definition) is 4. The van der Waals surface area contributed by atoms with Gasteiger partial charge in [0.2, 0.25) is 5.88 Å². The lowest BCUT2D eigenvalue weighted by molar-refractivity contribution is 0.328. The topological polar surface area (TPSA) is 47.9 Å². The van der Waals surface area contributed by atoms with Crippen LogP contribution in [0.5, 0.6) is 5.88 Å². The predicted molar refractivity (Wildman–Crippen MR) is 75.2 cm³/mol. The summed E-state index contributed by atoms with van der Waals surface area (Å²) in [7, 11) is 0. The molecule has 0 radical (unpaired) electrons. The third kappa shape index (κ3) is 3.28. The second-order valence-corrected chi connectivity index (χ2v) is 4.33. The molecular formula is C15H19N3O. The summed E-state index contributed by atoms with van der Waals surface area (Å²) in [5.41, 5.74) is 2.87. The van der Waals surface area contributed by atoms with Crippen molar-refractivity contribution < 1.29 is 4.74 Å². The first kappa shape index (κ1) is 13.5. The van der Waals surface area contributed by atoms with Gasteiger partial charge in [0, 0.05) is 11.9 Å². The highest BCUT2D eigenvalue weighted by Gasteiger charge is 2.10. The second-order valence-electron chi connectivity index (χ2n) is 4.33. The van der Waals surface area contributed by atoms with E-state index in [2.05, 4.69) is 21.9 Å². The van der Waals surface area contributed by atoms with Gasteiger partial charge in [0.05, 0.1) is 17.9 Å². The van der Waals surface area contributed by atoms with Crippen molar-refractivity contribution in [3.8, 4) is 17.1 Å². The van der Waals surface area contributed by atoms with Gasteiger partial charge in [-0.25, -0.2) is 15.0 Å². The van der Waals surface area contributed by atoms with Crippen molar-refractivity contribution in [2.75, 3.05) is 6.61 Å². The molecule has 0 aliphatic carbocycles. The first-order valence-corrected chi connectivity index (χ1v) is 6.67. The lowest BCUT2D eigenvalue weighted by atomic mass is 10.1. The van der Waals surface area contributed by atoms with Gasteiger partial charge in [-0.15, -0.1) is 0 Å². The molecule has 0 aliphatic heterocycles. The van der Waals surface area contributed by atoms with Crippen LogP contribution in [0.4, 0.5) is 0 Å². The first-order valence-electron chi connectivity index (χ1n) is 6.67. The van der Waals surface area contributed by atoms with E-state index in [4.69, 9.17) is 4.74 Å². The maximum Gasteiger partial charge on any atom is 0.222 e. The number of ether oxygens (including phenoxy) is 1. The maximum atomic E-state index is 5.56. The summed E-state index contributed by atoms with van der Waals surface area (Å²) in [4.78, 5) is 13.2. The number of hydrogen-bond donors (Lipinski definition) is 0.